The fourth-order valence-electron chi connectivity index (χ4n) is 1.96. The van der Waals surface area contributed by atoms with Gasteiger partial charge in [-0.15, -0.1) is 0 Å². The predicted octanol–water partition coefficient (Wildman–Crippen LogP) is 3.89. The van der Waals surface area contributed by atoms with Gasteiger partial charge in [-0.3, -0.25) is 4.31 Å². The van der Waals surface area contributed by atoms with Crippen LogP contribution in [0.1, 0.15) is 11.1 Å². The van der Waals surface area contributed by atoms with Gasteiger partial charge in [0.2, 0.25) is 0 Å². The first-order chi connectivity index (χ1) is 9.32. The summed E-state index contributed by atoms with van der Waals surface area (Å²) in [6.45, 7) is 3.73. The van der Waals surface area contributed by atoms with E-state index >= 15 is 0 Å². The molecule has 5 heteroatoms. The van der Waals surface area contributed by atoms with E-state index in [9.17, 15) is 8.42 Å². The summed E-state index contributed by atoms with van der Waals surface area (Å²) in [6, 6.07) is 12.7. The molecule has 0 saturated carbocycles. The van der Waals surface area contributed by atoms with Gasteiger partial charge >= 0.3 is 0 Å². The first kappa shape index (κ1) is 15.1. The molecule has 0 aromatic heterocycles. The molecule has 0 aliphatic heterocycles. The normalized spacial score (nSPS) is 11.4. The Morgan fingerprint density at radius 1 is 1.05 bits per heavy atom. The van der Waals surface area contributed by atoms with Crippen LogP contribution in [0.3, 0.4) is 0 Å². The lowest BCUT2D eigenvalue weighted by Gasteiger charge is -2.21. The molecule has 0 amide bonds. The van der Waals surface area contributed by atoms with Crippen LogP contribution in [0, 0.1) is 13.8 Å². The zero-order chi connectivity index (χ0) is 14.9. The quantitative estimate of drug-likeness (QED) is 0.839. The van der Waals surface area contributed by atoms with Gasteiger partial charge < -0.3 is 0 Å². The summed E-state index contributed by atoms with van der Waals surface area (Å²) in [5.74, 6) is 0. The Kier molecular flexibility index (Phi) is 4.20. The molecule has 0 spiro atoms. The van der Waals surface area contributed by atoms with Crippen LogP contribution in [0.25, 0.3) is 0 Å². The van der Waals surface area contributed by atoms with E-state index in [1.807, 2.05) is 31.2 Å². The third kappa shape index (κ3) is 2.88. The van der Waals surface area contributed by atoms with Crippen LogP contribution in [0.2, 0.25) is 0 Å². The lowest BCUT2D eigenvalue weighted by atomic mass is 10.2. The molecule has 0 heterocycles. The van der Waals surface area contributed by atoms with Gasteiger partial charge in [0.25, 0.3) is 10.0 Å². The maximum atomic E-state index is 12.7. The SMILES string of the molecule is Cc1cccc(N(C)S(=O)(=O)c2cc(Br)ccc2C)c1. The van der Waals surface area contributed by atoms with Gasteiger partial charge in [0.1, 0.15) is 0 Å². The van der Waals surface area contributed by atoms with Crippen molar-refractivity contribution < 1.29 is 8.42 Å². The summed E-state index contributed by atoms with van der Waals surface area (Å²) >= 11 is 3.32. The molecule has 3 nitrogen and oxygen atoms in total. The van der Waals surface area contributed by atoms with E-state index in [2.05, 4.69) is 15.9 Å². The maximum absolute atomic E-state index is 12.7. The number of nitrogens with zero attached hydrogens (tertiary/aromatic N) is 1. The first-order valence-corrected chi connectivity index (χ1v) is 8.37. The maximum Gasteiger partial charge on any atom is 0.264 e. The second-order valence-corrected chi connectivity index (χ2v) is 7.57. The van der Waals surface area contributed by atoms with Crippen molar-refractivity contribution in [3.05, 3.63) is 58.1 Å². The van der Waals surface area contributed by atoms with Crippen molar-refractivity contribution in [2.45, 2.75) is 18.7 Å². The highest BCUT2D eigenvalue weighted by atomic mass is 79.9. The van der Waals surface area contributed by atoms with E-state index in [4.69, 9.17) is 0 Å². The molecule has 2 rings (SSSR count). The van der Waals surface area contributed by atoms with E-state index in [0.717, 1.165) is 15.6 Å². The molecule has 0 radical (unpaired) electrons. The minimum atomic E-state index is -3.56. The number of anilines is 1. The summed E-state index contributed by atoms with van der Waals surface area (Å²) in [4.78, 5) is 0.316. The second kappa shape index (κ2) is 5.58. The summed E-state index contributed by atoms with van der Waals surface area (Å²) in [5.41, 5.74) is 2.41. The number of rotatable bonds is 3. The fraction of sp³-hybridized carbons (Fsp3) is 0.200. The van der Waals surface area contributed by atoms with E-state index in [-0.39, 0.29) is 0 Å². The smallest absolute Gasteiger partial charge is 0.264 e. The third-order valence-corrected chi connectivity index (χ3v) is 5.57. The van der Waals surface area contributed by atoms with E-state index in [0.29, 0.717) is 10.6 Å². The number of halogens is 1. The molecule has 0 unspecified atom stereocenters. The number of hydrogen-bond acceptors (Lipinski definition) is 2. The van der Waals surface area contributed by atoms with Crippen LogP contribution in [0.4, 0.5) is 5.69 Å². The highest BCUT2D eigenvalue weighted by Gasteiger charge is 2.23. The van der Waals surface area contributed by atoms with E-state index < -0.39 is 10.0 Å². The van der Waals surface area contributed by atoms with Crippen LogP contribution >= 0.6 is 15.9 Å². The van der Waals surface area contributed by atoms with Crippen molar-refractivity contribution in [3.63, 3.8) is 0 Å². The van der Waals surface area contributed by atoms with Crippen molar-refractivity contribution in [2.75, 3.05) is 11.4 Å². The van der Waals surface area contributed by atoms with Crippen LogP contribution in [-0.2, 0) is 10.0 Å². The minimum absolute atomic E-state index is 0.316. The van der Waals surface area contributed by atoms with Crippen molar-refractivity contribution in [1.82, 2.24) is 0 Å². The zero-order valence-corrected chi connectivity index (χ0v) is 14.0. The number of sulfonamides is 1. The molecule has 0 aliphatic carbocycles. The highest BCUT2D eigenvalue weighted by Crippen LogP contribution is 2.27. The van der Waals surface area contributed by atoms with Crippen molar-refractivity contribution in [2.24, 2.45) is 0 Å². The van der Waals surface area contributed by atoms with Crippen LogP contribution < -0.4 is 4.31 Å². The van der Waals surface area contributed by atoms with E-state index in [1.165, 1.54) is 4.31 Å². The Morgan fingerprint density at radius 2 is 1.75 bits per heavy atom. The monoisotopic (exact) mass is 353 g/mol. The molecule has 0 atom stereocenters. The molecule has 106 valence electrons. The Balaban J connectivity index is 2.52. The average molecular weight is 354 g/mol. The molecule has 0 bridgehead atoms. The summed E-state index contributed by atoms with van der Waals surface area (Å²) in [5, 5.41) is 0. The second-order valence-electron chi connectivity index (χ2n) is 4.72. The van der Waals surface area contributed by atoms with Gasteiger partial charge in [-0.1, -0.05) is 34.1 Å². The Bertz CT molecular complexity index is 741. The molecule has 20 heavy (non-hydrogen) atoms. The molecule has 2 aromatic carbocycles. The summed E-state index contributed by atoms with van der Waals surface area (Å²) in [6.07, 6.45) is 0. The van der Waals surface area contributed by atoms with Crippen LogP contribution in [0.15, 0.2) is 51.8 Å². The molecule has 0 saturated heterocycles. The Labute approximate surface area is 128 Å². The lowest BCUT2D eigenvalue weighted by molar-refractivity contribution is 0.593. The van der Waals surface area contributed by atoms with Crippen molar-refractivity contribution in [1.29, 1.82) is 0 Å². The minimum Gasteiger partial charge on any atom is -0.269 e. The lowest BCUT2D eigenvalue weighted by Crippen LogP contribution is -2.27. The third-order valence-electron chi connectivity index (χ3n) is 3.15. The van der Waals surface area contributed by atoms with Gasteiger partial charge in [0, 0.05) is 11.5 Å². The van der Waals surface area contributed by atoms with Crippen molar-refractivity contribution >= 4 is 31.6 Å². The first-order valence-electron chi connectivity index (χ1n) is 6.14. The molecule has 0 N–H and O–H groups in total. The van der Waals surface area contributed by atoms with E-state index in [1.54, 1.807) is 32.2 Å². The zero-order valence-electron chi connectivity index (χ0n) is 11.6. The summed E-state index contributed by atoms with van der Waals surface area (Å²) < 4.78 is 27.5. The fourth-order valence-corrected chi connectivity index (χ4v) is 3.91. The van der Waals surface area contributed by atoms with Gasteiger partial charge in [0.15, 0.2) is 0 Å². The Morgan fingerprint density at radius 3 is 2.40 bits per heavy atom. The standard InChI is InChI=1S/C15H16BrNO2S/c1-11-5-4-6-14(9-11)17(3)20(18,19)15-10-13(16)8-7-12(15)2/h4-10H,1-3H3. The predicted molar refractivity (Wildman–Crippen MR) is 85.6 cm³/mol. The van der Waals surface area contributed by atoms with Crippen LogP contribution in [-0.4, -0.2) is 15.5 Å². The highest BCUT2D eigenvalue weighted by molar-refractivity contribution is 9.10. The number of benzene rings is 2. The molecular weight excluding hydrogens is 338 g/mol. The number of hydrogen-bond donors (Lipinski definition) is 0. The summed E-state index contributed by atoms with van der Waals surface area (Å²) in [7, 11) is -1.98. The molecule has 0 fully saturated rings. The number of aryl methyl sites for hydroxylation is 2. The Hall–Kier alpha value is -1.33. The van der Waals surface area contributed by atoms with Gasteiger partial charge in [-0.05, 0) is 49.2 Å². The molecular formula is C15H16BrNO2S. The topological polar surface area (TPSA) is 37.4 Å². The van der Waals surface area contributed by atoms with Crippen molar-refractivity contribution in [3.8, 4) is 0 Å². The molecule has 0 aliphatic rings. The largest absolute Gasteiger partial charge is 0.269 e. The van der Waals surface area contributed by atoms with Gasteiger partial charge in [-0.25, -0.2) is 8.42 Å². The van der Waals surface area contributed by atoms with Gasteiger partial charge in [-0.2, -0.15) is 0 Å². The van der Waals surface area contributed by atoms with Crippen LogP contribution in [0.5, 0.6) is 0 Å². The van der Waals surface area contributed by atoms with Gasteiger partial charge in [0.05, 0.1) is 10.6 Å². The average Bonchev–Trinajstić information content (AvgIpc) is 2.40. The molecule has 2 aromatic rings.